The maximum atomic E-state index is 12.5. The van der Waals surface area contributed by atoms with Crippen molar-refractivity contribution < 1.29 is 14.4 Å². The molecule has 7 nitrogen and oxygen atoms in total. The molecule has 2 aliphatic heterocycles. The van der Waals surface area contributed by atoms with Crippen LogP contribution in [0.1, 0.15) is 51.4 Å². The van der Waals surface area contributed by atoms with Gasteiger partial charge in [0, 0.05) is 38.6 Å². The second-order valence-corrected chi connectivity index (χ2v) is 7.87. The van der Waals surface area contributed by atoms with E-state index < -0.39 is 0 Å². The van der Waals surface area contributed by atoms with Gasteiger partial charge in [0.2, 0.25) is 17.7 Å². The Morgan fingerprint density at radius 2 is 1.89 bits per heavy atom. The third-order valence-electron chi connectivity index (χ3n) is 6.01. The van der Waals surface area contributed by atoms with Crippen LogP contribution in [0.5, 0.6) is 0 Å². The van der Waals surface area contributed by atoms with E-state index in [9.17, 15) is 14.4 Å². The molecule has 8 heteroatoms. The monoisotopic (exact) mass is 400 g/mol. The van der Waals surface area contributed by atoms with E-state index in [1.165, 1.54) is 25.7 Å². The summed E-state index contributed by atoms with van der Waals surface area (Å²) in [4.78, 5) is 40.3. The number of amides is 3. The summed E-state index contributed by atoms with van der Waals surface area (Å²) in [6, 6.07) is 0.111. The molecule has 3 aliphatic rings. The Hall–Kier alpha value is -1.34. The number of nitrogens with one attached hydrogen (secondary N) is 2. The van der Waals surface area contributed by atoms with Gasteiger partial charge in [-0.1, -0.05) is 25.7 Å². The highest BCUT2D eigenvalue weighted by molar-refractivity contribution is 5.85. The van der Waals surface area contributed by atoms with Gasteiger partial charge in [-0.25, -0.2) is 0 Å². The van der Waals surface area contributed by atoms with Gasteiger partial charge in [0.05, 0.1) is 13.1 Å². The van der Waals surface area contributed by atoms with Crippen molar-refractivity contribution in [2.24, 2.45) is 5.92 Å². The van der Waals surface area contributed by atoms with Crippen molar-refractivity contribution in [2.45, 2.75) is 57.4 Å². The zero-order valence-corrected chi connectivity index (χ0v) is 16.9. The fourth-order valence-electron chi connectivity index (χ4n) is 4.45. The van der Waals surface area contributed by atoms with Gasteiger partial charge >= 0.3 is 0 Å². The second kappa shape index (κ2) is 10.9. The minimum Gasteiger partial charge on any atom is -0.347 e. The van der Waals surface area contributed by atoms with Crippen molar-refractivity contribution in [2.75, 3.05) is 39.3 Å². The van der Waals surface area contributed by atoms with Crippen LogP contribution in [0.3, 0.4) is 0 Å². The lowest BCUT2D eigenvalue weighted by Crippen LogP contribution is -2.58. The molecule has 2 N–H and O–H groups in total. The summed E-state index contributed by atoms with van der Waals surface area (Å²) in [5.74, 6) is 0.759. The number of piperidine rings is 1. The van der Waals surface area contributed by atoms with Crippen LogP contribution in [-0.4, -0.2) is 72.8 Å². The summed E-state index contributed by atoms with van der Waals surface area (Å²) in [6.07, 6.45) is 8.38. The molecule has 1 unspecified atom stereocenters. The van der Waals surface area contributed by atoms with Gasteiger partial charge in [-0.2, -0.15) is 0 Å². The van der Waals surface area contributed by atoms with Crippen LogP contribution in [0.4, 0.5) is 0 Å². The molecule has 0 aromatic rings. The molecule has 0 radical (unpaired) electrons. The van der Waals surface area contributed by atoms with Gasteiger partial charge in [-0.15, -0.1) is 12.4 Å². The minimum atomic E-state index is -0.0356. The molecule has 0 spiro atoms. The van der Waals surface area contributed by atoms with Crippen LogP contribution < -0.4 is 10.6 Å². The normalized spacial score (nSPS) is 23.9. The van der Waals surface area contributed by atoms with Crippen molar-refractivity contribution >= 4 is 30.1 Å². The summed E-state index contributed by atoms with van der Waals surface area (Å²) in [5, 5.41) is 5.87. The van der Waals surface area contributed by atoms with E-state index in [-0.39, 0.29) is 42.7 Å². The fraction of sp³-hybridized carbons (Fsp3) is 0.842. The van der Waals surface area contributed by atoms with E-state index in [0.717, 1.165) is 25.8 Å². The second-order valence-electron chi connectivity index (χ2n) is 7.87. The largest absolute Gasteiger partial charge is 0.347 e. The molecule has 154 valence electrons. The van der Waals surface area contributed by atoms with Gasteiger partial charge < -0.3 is 20.4 Å². The lowest BCUT2D eigenvalue weighted by Gasteiger charge is -2.41. The van der Waals surface area contributed by atoms with E-state index in [1.807, 2.05) is 4.90 Å². The zero-order valence-electron chi connectivity index (χ0n) is 16.1. The Morgan fingerprint density at radius 3 is 2.63 bits per heavy atom. The van der Waals surface area contributed by atoms with Gasteiger partial charge in [0.25, 0.3) is 0 Å². The first kappa shape index (κ1) is 22.0. The summed E-state index contributed by atoms with van der Waals surface area (Å²) in [6.45, 7) is 3.29. The van der Waals surface area contributed by atoms with E-state index in [4.69, 9.17) is 0 Å². The average molecular weight is 401 g/mol. The molecule has 3 rings (SSSR count). The van der Waals surface area contributed by atoms with Gasteiger partial charge in [0.15, 0.2) is 0 Å². The van der Waals surface area contributed by atoms with Gasteiger partial charge in [0.1, 0.15) is 0 Å². The van der Waals surface area contributed by atoms with Crippen LogP contribution in [0.15, 0.2) is 0 Å². The molecule has 1 atom stereocenters. The quantitative estimate of drug-likeness (QED) is 0.694. The number of halogens is 1. The summed E-state index contributed by atoms with van der Waals surface area (Å²) in [7, 11) is 0. The van der Waals surface area contributed by atoms with Crippen molar-refractivity contribution in [3.8, 4) is 0 Å². The molecule has 3 fully saturated rings. The summed E-state index contributed by atoms with van der Waals surface area (Å²) < 4.78 is 0. The molecule has 2 saturated heterocycles. The number of carbonyl (C=O) groups is 3. The van der Waals surface area contributed by atoms with Crippen molar-refractivity contribution in [3.05, 3.63) is 0 Å². The Balaban J connectivity index is 0.00000261. The maximum absolute atomic E-state index is 12.5. The number of rotatable bonds is 6. The van der Waals surface area contributed by atoms with Crippen LogP contribution >= 0.6 is 12.4 Å². The lowest BCUT2D eigenvalue weighted by molar-refractivity contribution is -0.140. The van der Waals surface area contributed by atoms with Gasteiger partial charge in [-0.05, 0) is 25.2 Å². The molecular weight excluding hydrogens is 368 g/mol. The first-order valence-corrected chi connectivity index (χ1v) is 10.2. The lowest BCUT2D eigenvalue weighted by atomic mass is 10.0. The SMILES string of the molecule is Cl.O=C(CCC1CCCC1)NCC(=O)N1CCCC(N2CCNCC2=O)C1. The highest BCUT2D eigenvalue weighted by atomic mass is 35.5. The van der Waals surface area contributed by atoms with E-state index in [2.05, 4.69) is 10.6 Å². The Labute approximate surface area is 168 Å². The number of hydrogen-bond donors (Lipinski definition) is 2. The third kappa shape index (κ3) is 6.35. The van der Waals surface area contributed by atoms with Gasteiger partial charge in [-0.3, -0.25) is 14.4 Å². The standard InChI is InChI=1S/C19H32N4O3.ClH/c24-17(8-7-15-4-1-2-5-15)21-13-18(25)22-10-3-6-16(14-22)23-11-9-20-12-19(23)26;/h15-16,20H,1-14H2,(H,21,24);1H. The molecule has 0 aromatic carbocycles. The molecule has 0 aromatic heterocycles. The number of nitrogens with zero attached hydrogens (tertiary/aromatic N) is 2. The number of piperazine rings is 1. The number of hydrogen-bond acceptors (Lipinski definition) is 4. The molecule has 1 aliphatic carbocycles. The molecular formula is C19H33ClN4O3. The maximum Gasteiger partial charge on any atom is 0.242 e. The molecule has 27 heavy (non-hydrogen) atoms. The van der Waals surface area contributed by atoms with Crippen LogP contribution in [0, 0.1) is 5.92 Å². The Morgan fingerprint density at radius 1 is 1.11 bits per heavy atom. The van der Waals surface area contributed by atoms with Crippen molar-refractivity contribution in [1.82, 2.24) is 20.4 Å². The van der Waals surface area contributed by atoms with Crippen LogP contribution in [0.25, 0.3) is 0 Å². The molecule has 1 saturated carbocycles. The van der Waals surface area contributed by atoms with E-state index in [0.29, 0.717) is 38.5 Å². The number of likely N-dealkylation sites (tertiary alicyclic amines) is 1. The molecule has 0 bridgehead atoms. The fourth-order valence-corrected chi connectivity index (χ4v) is 4.45. The molecule has 2 heterocycles. The minimum absolute atomic E-state index is 0. The third-order valence-corrected chi connectivity index (χ3v) is 6.01. The van der Waals surface area contributed by atoms with E-state index >= 15 is 0 Å². The Kier molecular flexibility index (Phi) is 8.83. The average Bonchev–Trinajstić information content (AvgIpc) is 3.18. The van der Waals surface area contributed by atoms with Crippen molar-refractivity contribution in [1.29, 1.82) is 0 Å². The topological polar surface area (TPSA) is 81.8 Å². The Bertz CT molecular complexity index is 525. The molecule has 3 amide bonds. The first-order valence-electron chi connectivity index (χ1n) is 10.2. The summed E-state index contributed by atoms with van der Waals surface area (Å²) in [5.41, 5.74) is 0. The highest BCUT2D eigenvalue weighted by Gasteiger charge is 2.31. The first-order chi connectivity index (χ1) is 12.6. The van der Waals surface area contributed by atoms with Crippen molar-refractivity contribution in [3.63, 3.8) is 0 Å². The zero-order chi connectivity index (χ0) is 18.4. The highest BCUT2D eigenvalue weighted by Crippen LogP contribution is 2.28. The van der Waals surface area contributed by atoms with Crippen LogP contribution in [0.2, 0.25) is 0 Å². The predicted octanol–water partition coefficient (Wildman–Crippen LogP) is 0.918. The smallest absolute Gasteiger partial charge is 0.242 e. The summed E-state index contributed by atoms with van der Waals surface area (Å²) >= 11 is 0. The number of carbonyl (C=O) groups excluding carboxylic acids is 3. The predicted molar refractivity (Wildman–Crippen MR) is 106 cm³/mol. The van der Waals surface area contributed by atoms with E-state index in [1.54, 1.807) is 4.90 Å². The van der Waals surface area contributed by atoms with Crippen LogP contribution in [-0.2, 0) is 14.4 Å².